The Morgan fingerprint density at radius 2 is 1.86 bits per heavy atom. The van der Waals surface area contributed by atoms with Gasteiger partial charge in [-0.3, -0.25) is 0 Å². The molecule has 0 spiro atoms. The molecule has 108 valence electrons. The van der Waals surface area contributed by atoms with Crippen molar-refractivity contribution in [2.45, 2.75) is 32.7 Å². The van der Waals surface area contributed by atoms with Gasteiger partial charge in [-0.25, -0.2) is 0 Å². The van der Waals surface area contributed by atoms with Gasteiger partial charge in [0.1, 0.15) is 12.3 Å². The van der Waals surface area contributed by atoms with Gasteiger partial charge in [-0.15, -0.1) is 0 Å². The average Bonchev–Trinajstić information content (AvgIpc) is 2.52. The lowest BCUT2D eigenvalue weighted by Crippen LogP contribution is -2.34. The van der Waals surface area contributed by atoms with Crippen LogP contribution in [0.4, 0.5) is 5.69 Å². The first-order chi connectivity index (χ1) is 10.3. The highest BCUT2D eigenvalue weighted by atomic mass is 16.1. The van der Waals surface area contributed by atoms with Crippen LogP contribution in [0.2, 0.25) is 0 Å². The third kappa shape index (κ3) is 2.25. The Labute approximate surface area is 126 Å². The molecular weight excluding hydrogens is 258 g/mol. The first-order valence-corrected chi connectivity index (χ1v) is 7.68. The molecule has 1 unspecified atom stereocenters. The van der Waals surface area contributed by atoms with E-state index in [4.69, 9.17) is 0 Å². The summed E-state index contributed by atoms with van der Waals surface area (Å²) in [7, 11) is 0. The molecule has 0 aliphatic carbocycles. The van der Waals surface area contributed by atoms with Crippen LogP contribution in [0.25, 0.3) is 11.1 Å². The van der Waals surface area contributed by atoms with Crippen LogP contribution in [0.1, 0.15) is 36.9 Å². The number of carbonyl (C=O) groups is 1. The summed E-state index contributed by atoms with van der Waals surface area (Å²) in [6.07, 6.45) is 3.32. The SMILES string of the molecule is CCCCN1c2ccccc2-c2cccc(C)c2C1C=O. The zero-order chi connectivity index (χ0) is 14.8. The Morgan fingerprint density at radius 1 is 1.10 bits per heavy atom. The minimum absolute atomic E-state index is 0.164. The number of benzene rings is 2. The van der Waals surface area contributed by atoms with Crippen molar-refractivity contribution >= 4 is 12.0 Å². The highest BCUT2D eigenvalue weighted by molar-refractivity contribution is 5.90. The van der Waals surface area contributed by atoms with E-state index in [0.717, 1.165) is 25.7 Å². The highest BCUT2D eigenvalue weighted by Crippen LogP contribution is 2.45. The van der Waals surface area contributed by atoms with Gasteiger partial charge in [0.05, 0.1) is 0 Å². The molecule has 1 aliphatic heterocycles. The fourth-order valence-corrected chi connectivity index (χ4v) is 3.30. The number of para-hydroxylation sites is 1. The Morgan fingerprint density at radius 3 is 2.62 bits per heavy atom. The molecule has 2 aromatic rings. The number of carbonyl (C=O) groups excluding carboxylic acids is 1. The van der Waals surface area contributed by atoms with Gasteiger partial charge in [-0.2, -0.15) is 0 Å². The zero-order valence-corrected chi connectivity index (χ0v) is 12.7. The maximum Gasteiger partial charge on any atom is 0.147 e. The molecule has 2 nitrogen and oxygen atoms in total. The molecule has 2 aromatic carbocycles. The quantitative estimate of drug-likeness (QED) is 0.767. The number of fused-ring (bicyclic) bond motifs is 3. The molecule has 0 aromatic heterocycles. The van der Waals surface area contributed by atoms with E-state index in [9.17, 15) is 4.79 Å². The van der Waals surface area contributed by atoms with Crippen LogP contribution in [0.5, 0.6) is 0 Å². The third-order valence-electron chi connectivity index (χ3n) is 4.34. The maximum atomic E-state index is 11.8. The highest BCUT2D eigenvalue weighted by Gasteiger charge is 2.31. The predicted octanol–water partition coefficient (Wildman–Crippen LogP) is 4.52. The maximum absolute atomic E-state index is 11.8. The van der Waals surface area contributed by atoms with E-state index in [1.807, 2.05) is 0 Å². The van der Waals surface area contributed by atoms with Crippen molar-refractivity contribution in [2.75, 3.05) is 11.4 Å². The van der Waals surface area contributed by atoms with Gasteiger partial charge in [0, 0.05) is 17.8 Å². The van der Waals surface area contributed by atoms with E-state index in [0.29, 0.717) is 0 Å². The molecule has 3 rings (SSSR count). The molecule has 0 radical (unpaired) electrons. The smallest absolute Gasteiger partial charge is 0.147 e. The summed E-state index contributed by atoms with van der Waals surface area (Å²) in [6, 6.07) is 14.6. The van der Waals surface area contributed by atoms with Crippen LogP contribution >= 0.6 is 0 Å². The van der Waals surface area contributed by atoms with E-state index < -0.39 is 0 Å². The van der Waals surface area contributed by atoms with Gasteiger partial charge >= 0.3 is 0 Å². The standard InChI is InChI=1S/C19H21NO/c1-3-4-12-20-17-11-6-5-9-15(17)16-10-7-8-14(2)19(16)18(20)13-21/h5-11,13,18H,3-4,12H2,1-2H3. The Kier molecular flexibility index (Phi) is 3.78. The second kappa shape index (κ2) is 5.72. The first-order valence-electron chi connectivity index (χ1n) is 7.68. The molecule has 0 bridgehead atoms. The first kappa shape index (κ1) is 13.9. The van der Waals surface area contributed by atoms with E-state index in [-0.39, 0.29) is 6.04 Å². The summed E-state index contributed by atoms with van der Waals surface area (Å²) >= 11 is 0. The van der Waals surface area contributed by atoms with Gasteiger partial charge in [-0.1, -0.05) is 49.7 Å². The zero-order valence-electron chi connectivity index (χ0n) is 12.7. The number of rotatable bonds is 4. The molecule has 0 saturated carbocycles. The van der Waals surface area contributed by atoms with Crippen molar-refractivity contribution in [2.24, 2.45) is 0 Å². The molecule has 0 N–H and O–H groups in total. The van der Waals surface area contributed by atoms with Gasteiger partial charge in [-0.05, 0) is 36.1 Å². The Hall–Kier alpha value is -2.09. The van der Waals surface area contributed by atoms with Crippen molar-refractivity contribution in [1.82, 2.24) is 0 Å². The second-order valence-corrected chi connectivity index (χ2v) is 5.68. The van der Waals surface area contributed by atoms with Crippen LogP contribution in [0, 0.1) is 6.92 Å². The Bertz CT molecular complexity index is 662. The van der Waals surface area contributed by atoms with Crippen molar-refractivity contribution in [3.63, 3.8) is 0 Å². The summed E-state index contributed by atoms with van der Waals surface area (Å²) in [4.78, 5) is 14.1. The van der Waals surface area contributed by atoms with Gasteiger partial charge in [0.2, 0.25) is 0 Å². The fraction of sp³-hybridized carbons (Fsp3) is 0.316. The largest absolute Gasteiger partial charge is 0.357 e. The summed E-state index contributed by atoms with van der Waals surface area (Å²) in [5.74, 6) is 0. The van der Waals surface area contributed by atoms with E-state index in [2.05, 4.69) is 61.2 Å². The normalized spacial score (nSPS) is 16.3. The summed E-state index contributed by atoms with van der Waals surface area (Å²) < 4.78 is 0. The topological polar surface area (TPSA) is 20.3 Å². The molecular formula is C19H21NO. The van der Waals surface area contributed by atoms with Crippen LogP contribution in [-0.2, 0) is 4.79 Å². The number of hydrogen-bond acceptors (Lipinski definition) is 2. The average molecular weight is 279 g/mol. The number of unbranched alkanes of at least 4 members (excludes halogenated alkanes) is 1. The van der Waals surface area contributed by atoms with E-state index in [1.165, 1.54) is 27.9 Å². The lowest BCUT2D eigenvalue weighted by molar-refractivity contribution is -0.109. The summed E-state index contributed by atoms with van der Waals surface area (Å²) in [5.41, 5.74) is 5.99. The van der Waals surface area contributed by atoms with Crippen molar-refractivity contribution < 1.29 is 4.79 Å². The monoisotopic (exact) mass is 279 g/mol. The third-order valence-corrected chi connectivity index (χ3v) is 4.34. The number of nitrogens with zero attached hydrogens (tertiary/aromatic N) is 1. The van der Waals surface area contributed by atoms with E-state index in [1.54, 1.807) is 0 Å². The number of aryl methyl sites for hydroxylation is 1. The van der Waals surface area contributed by atoms with Crippen LogP contribution < -0.4 is 4.90 Å². The number of anilines is 1. The molecule has 21 heavy (non-hydrogen) atoms. The van der Waals surface area contributed by atoms with Crippen molar-refractivity contribution in [3.05, 3.63) is 53.6 Å². The molecule has 1 aliphatic rings. The van der Waals surface area contributed by atoms with Gasteiger partial charge in [0.15, 0.2) is 0 Å². The van der Waals surface area contributed by atoms with Crippen LogP contribution in [0.15, 0.2) is 42.5 Å². The lowest BCUT2D eigenvalue weighted by Gasteiger charge is -2.38. The van der Waals surface area contributed by atoms with Crippen molar-refractivity contribution in [1.29, 1.82) is 0 Å². The molecule has 1 heterocycles. The number of hydrogen-bond donors (Lipinski definition) is 0. The Balaban J connectivity index is 2.21. The minimum atomic E-state index is -0.164. The lowest BCUT2D eigenvalue weighted by atomic mass is 9.86. The minimum Gasteiger partial charge on any atom is -0.357 e. The van der Waals surface area contributed by atoms with E-state index >= 15 is 0 Å². The van der Waals surface area contributed by atoms with Crippen LogP contribution in [0.3, 0.4) is 0 Å². The summed E-state index contributed by atoms with van der Waals surface area (Å²) in [5, 5.41) is 0. The molecule has 0 saturated heterocycles. The van der Waals surface area contributed by atoms with Gasteiger partial charge < -0.3 is 9.69 Å². The molecule has 0 amide bonds. The van der Waals surface area contributed by atoms with Gasteiger partial charge in [0.25, 0.3) is 0 Å². The molecule has 0 fully saturated rings. The molecule has 1 atom stereocenters. The fourth-order valence-electron chi connectivity index (χ4n) is 3.30. The summed E-state index contributed by atoms with van der Waals surface area (Å²) in [6.45, 7) is 5.21. The second-order valence-electron chi connectivity index (χ2n) is 5.68. The van der Waals surface area contributed by atoms with Crippen molar-refractivity contribution in [3.8, 4) is 11.1 Å². The molecule has 2 heteroatoms. The van der Waals surface area contributed by atoms with Crippen LogP contribution in [-0.4, -0.2) is 12.8 Å². The predicted molar refractivity (Wildman–Crippen MR) is 87.7 cm³/mol. The number of aldehydes is 1.